The SMILES string of the molecule is CC[C@@]1(O)C(=O)OCc2c1cc1n(c2=O)Cc2c-1nc1ccc(C(F)F)c3c1c2[C@H](NC(=O)CO)CC3. The molecule has 9 nitrogen and oxygen atoms in total. The Kier molecular flexibility index (Phi) is 5.22. The molecule has 0 bridgehead atoms. The van der Waals surface area contributed by atoms with E-state index in [4.69, 9.17) is 9.72 Å². The summed E-state index contributed by atoms with van der Waals surface area (Å²) in [7, 11) is 0. The number of carbonyl (C=O) groups is 2. The van der Waals surface area contributed by atoms with Gasteiger partial charge in [0.15, 0.2) is 5.60 Å². The van der Waals surface area contributed by atoms with Gasteiger partial charge in [-0.05, 0) is 42.5 Å². The van der Waals surface area contributed by atoms with Gasteiger partial charge < -0.3 is 24.8 Å². The largest absolute Gasteiger partial charge is 0.458 e. The predicted octanol–water partition coefficient (Wildman–Crippen LogP) is 2.11. The summed E-state index contributed by atoms with van der Waals surface area (Å²) < 4.78 is 34.3. The molecule has 2 atom stereocenters. The molecule has 0 saturated carbocycles. The number of amides is 1. The van der Waals surface area contributed by atoms with Crippen LogP contribution in [0.1, 0.15) is 65.6 Å². The number of fused-ring (bicyclic) bond motifs is 5. The predicted molar refractivity (Wildman–Crippen MR) is 126 cm³/mol. The summed E-state index contributed by atoms with van der Waals surface area (Å²) in [4.78, 5) is 42.9. The van der Waals surface area contributed by atoms with E-state index >= 15 is 0 Å². The van der Waals surface area contributed by atoms with Gasteiger partial charge in [0.1, 0.15) is 13.2 Å². The molecule has 4 heterocycles. The molecule has 37 heavy (non-hydrogen) atoms. The third-order valence-corrected chi connectivity index (χ3v) is 7.79. The molecule has 1 aliphatic carbocycles. The van der Waals surface area contributed by atoms with Crippen LogP contribution in [0.2, 0.25) is 0 Å². The third kappa shape index (κ3) is 3.20. The van der Waals surface area contributed by atoms with Crippen LogP contribution in [0.5, 0.6) is 0 Å². The van der Waals surface area contributed by atoms with Gasteiger partial charge in [-0.1, -0.05) is 13.0 Å². The first-order valence-electron chi connectivity index (χ1n) is 12.0. The molecule has 6 rings (SSSR count). The number of aliphatic hydroxyl groups is 2. The quantitative estimate of drug-likeness (QED) is 0.358. The Balaban J connectivity index is 1.65. The topological polar surface area (TPSA) is 131 Å². The van der Waals surface area contributed by atoms with Crippen molar-refractivity contribution in [1.29, 1.82) is 0 Å². The van der Waals surface area contributed by atoms with Gasteiger partial charge in [-0.15, -0.1) is 0 Å². The number of aromatic nitrogens is 2. The van der Waals surface area contributed by atoms with Gasteiger partial charge in [-0.3, -0.25) is 9.59 Å². The van der Waals surface area contributed by atoms with Crippen molar-refractivity contribution >= 4 is 22.8 Å². The second-order valence-corrected chi connectivity index (χ2v) is 9.60. The van der Waals surface area contributed by atoms with Crippen molar-refractivity contribution in [1.82, 2.24) is 14.9 Å². The highest BCUT2D eigenvalue weighted by atomic mass is 19.3. The number of aliphatic hydroxyl groups excluding tert-OH is 1. The van der Waals surface area contributed by atoms with Crippen LogP contribution < -0.4 is 10.9 Å². The summed E-state index contributed by atoms with van der Waals surface area (Å²) in [5.74, 6) is -1.44. The number of aryl methyl sites for hydroxylation is 1. The lowest BCUT2D eigenvalue weighted by molar-refractivity contribution is -0.172. The van der Waals surface area contributed by atoms with Crippen LogP contribution in [0.3, 0.4) is 0 Å². The number of rotatable bonds is 4. The van der Waals surface area contributed by atoms with E-state index in [0.717, 1.165) is 0 Å². The maximum Gasteiger partial charge on any atom is 0.343 e. The number of carbonyl (C=O) groups excluding carboxylic acids is 2. The Morgan fingerprint density at radius 1 is 1.30 bits per heavy atom. The second-order valence-electron chi connectivity index (χ2n) is 9.60. The molecular weight excluding hydrogens is 488 g/mol. The number of hydrogen-bond donors (Lipinski definition) is 3. The molecule has 192 valence electrons. The fourth-order valence-corrected chi connectivity index (χ4v) is 5.97. The summed E-state index contributed by atoms with van der Waals surface area (Å²) in [6.07, 6.45) is -2.08. The Morgan fingerprint density at radius 2 is 2.08 bits per heavy atom. The Bertz CT molecular complexity index is 1580. The summed E-state index contributed by atoms with van der Waals surface area (Å²) in [5.41, 5.74) is 0.683. The monoisotopic (exact) mass is 511 g/mol. The van der Waals surface area contributed by atoms with Crippen LogP contribution >= 0.6 is 0 Å². The smallest absolute Gasteiger partial charge is 0.343 e. The van der Waals surface area contributed by atoms with Gasteiger partial charge >= 0.3 is 5.97 Å². The number of benzene rings is 1. The van der Waals surface area contributed by atoms with Crippen LogP contribution in [0.25, 0.3) is 22.3 Å². The lowest BCUT2D eigenvalue weighted by atomic mass is 9.81. The highest BCUT2D eigenvalue weighted by molar-refractivity contribution is 5.94. The number of pyridine rings is 2. The first kappa shape index (κ1) is 23.7. The molecule has 0 spiro atoms. The number of esters is 1. The fourth-order valence-electron chi connectivity index (χ4n) is 5.97. The second kappa shape index (κ2) is 8.15. The number of alkyl halides is 2. The number of hydrogen-bond acceptors (Lipinski definition) is 7. The van der Waals surface area contributed by atoms with Gasteiger partial charge in [-0.2, -0.15) is 0 Å². The first-order chi connectivity index (χ1) is 17.7. The summed E-state index contributed by atoms with van der Waals surface area (Å²) in [5, 5.41) is 23.7. The number of nitrogens with one attached hydrogen (secondary N) is 1. The molecule has 1 aromatic carbocycles. The Labute approximate surface area is 208 Å². The number of cyclic esters (lactones) is 1. The lowest BCUT2D eigenvalue weighted by Crippen LogP contribution is -2.44. The van der Waals surface area contributed by atoms with Crippen molar-refractivity contribution in [3.8, 4) is 11.4 Å². The maximum absolute atomic E-state index is 13.9. The van der Waals surface area contributed by atoms with Crippen LogP contribution in [-0.4, -0.2) is 38.2 Å². The first-order valence-corrected chi connectivity index (χ1v) is 12.0. The van der Waals surface area contributed by atoms with Crippen molar-refractivity contribution in [2.45, 2.75) is 57.4 Å². The van der Waals surface area contributed by atoms with Gasteiger partial charge in [0.25, 0.3) is 12.0 Å². The van der Waals surface area contributed by atoms with Crippen LogP contribution in [-0.2, 0) is 39.5 Å². The number of nitrogens with zero attached hydrogens (tertiary/aromatic N) is 2. The van der Waals surface area contributed by atoms with Crippen LogP contribution in [0.15, 0.2) is 23.0 Å². The van der Waals surface area contributed by atoms with Crippen molar-refractivity contribution in [3.63, 3.8) is 0 Å². The number of halogens is 2. The molecular formula is C26H23F2N3O6. The maximum atomic E-state index is 13.9. The summed E-state index contributed by atoms with van der Waals surface area (Å²) >= 11 is 0. The minimum absolute atomic E-state index is 0.0000131. The highest BCUT2D eigenvalue weighted by Gasteiger charge is 2.46. The molecule has 3 aromatic rings. The minimum atomic E-state index is -2.69. The van der Waals surface area contributed by atoms with Gasteiger partial charge in [0.2, 0.25) is 5.91 Å². The third-order valence-electron chi connectivity index (χ3n) is 7.79. The molecule has 2 aromatic heterocycles. The Hall–Kier alpha value is -3.70. The minimum Gasteiger partial charge on any atom is -0.458 e. The van der Waals surface area contributed by atoms with Crippen molar-refractivity contribution < 1.29 is 33.3 Å². The van der Waals surface area contributed by atoms with Crippen LogP contribution in [0, 0.1) is 0 Å². The lowest BCUT2D eigenvalue weighted by Gasteiger charge is -2.31. The molecule has 0 radical (unpaired) electrons. The highest BCUT2D eigenvalue weighted by Crippen LogP contribution is 2.46. The van der Waals surface area contributed by atoms with E-state index < -0.39 is 42.1 Å². The van der Waals surface area contributed by atoms with Crippen molar-refractivity contribution in [2.75, 3.05) is 6.61 Å². The van der Waals surface area contributed by atoms with E-state index in [2.05, 4.69) is 5.32 Å². The molecule has 0 fully saturated rings. The Morgan fingerprint density at radius 3 is 2.78 bits per heavy atom. The van der Waals surface area contributed by atoms with E-state index in [9.17, 15) is 33.4 Å². The van der Waals surface area contributed by atoms with E-state index in [1.165, 1.54) is 16.7 Å². The average molecular weight is 511 g/mol. The van der Waals surface area contributed by atoms with Gasteiger partial charge in [-0.25, -0.2) is 18.6 Å². The zero-order valence-corrected chi connectivity index (χ0v) is 19.8. The molecule has 2 aliphatic heterocycles. The van der Waals surface area contributed by atoms with Gasteiger partial charge in [0.05, 0.1) is 35.1 Å². The van der Waals surface area contributed by atoms with Crippen LogP contribution in [0.4, 0.5) is 8.78 Å². The number of ether oxygens (including phenoxy) is 1. The summed E-state index contributed by atoms with van der Waals surface area (Å²) in [6, 6.07) is 3.84. The van der Waals surface area contributed by atoms with Crippen molar-refractivity contribution in [2.24, 2.45) is 0 Å². The molecule has 0 saturated heterocycles. The van der Waals surface area contributed by atoms with Crippen molar-refractivity contribution in [3.05, 3.63) is 61.9 Å². The molecule has 1 amide bonds. The molecule has 11 heteroatoms. The van der Waals surface area contributed by atoms with E-state index in [0.29, 0.717) is 45.4 Å². The van der Waals surface area contributed by atoms with Gasteiger partial charge in [0, 0.05) is 22.1 Å². The molecule has 3 N–H and O–H groups in total. The van der Waals surface area contributed by atoms with E-state index in [1.54, 1.807) is 13.0 Å². The molecule has 0 unspecified atom stereocenters. The fraction of sp³-hybridized carbons (Fsp3) is 0.385. The standard InChI is InChI=1S/C26H23F2N3O6/c1-2-26(36)15-7-18-22-13(8-31(18)24(34)14(15)10-37-25(26)35)21-16(29-19(33)9-32)5-3-11-12(23(27)28)4-6-17(30-22)20(11)21/h4,6-7,16,23,32,36H,2-3,5,8-10H2,1H3,(H,29,33)/t16-,26+/m1/s1. The normalized spacial score (nSPS) is 21.5. The zero-order valence-electron chi connectivity index (χ0n) is 19.8. The van der Waals surface area contributed by atoms with E-state index in [-0.39, 0.29) is 42.7 Å². The molecule has 3 aliphatic rings. The van der Waals surface area contributed by atoms with E-state index in [1.807, 2.05) is 0 Å². The summed E-state index contributed by atoms with van der Waals surface area (Å²) in [6.45, 7) is 0.678. The zero-order chi connectivity index (χ0) is 26.2. The average Bonchev–Trinajstić information content (AvgIpc) is 3.26.